The van der Waals surface area contributed by atoms with Gasteiger partial charge < -0.3 is 0 Å². The van der Waals surface area contributed by atoms with Crippen LogP contribution in [0.4, 0.5) is 0 Å². The number of rotatable bonds is 16. The van der Waals surface area contributed by atoms with Crippen LogP contribution >= 0.6 is 0 Å². The lowest BCUT2D eigenvalue weighted by Crippen LogP contribution is -2.32. The Morgan fingerprint density at radius 3 is 1.24 bits per heavy atom. The molecule has 0 atom stereocenters. The molecule has 0 nitrogen and oxygen atoms in total. The number of unbranched alkanes of at least 4 members (excludes halogenated alkanes) is 6. The first kappa shape index (κ1) is 35.4. The molecule has 0 heterocycles. The molecule has 256 valence electrons. The van der Waals surface area contributed by atoms with Crippen LogP contribution in [0.3, 0.4) is 0 Å². The van der Waals surface area contributed by atoms with E-state index in [-0.39, 0.29) is 0 Å². The molecule has 2 aliphatic carbocycles. The summed E-state index contributed by atoms with van der Waals surface area (Å²) in [7, 11) is -2.21. The second kappa shape index (κ2) is 16.1. The quantitative estimate of drug-likeness (QED) is 0.0826. The minimum atomic E-state index is -2.21. The molecule has 0 aromatic heterocycles. The predicted molar refractivity (Wildman–Crippen MR) is 219 cm³/mol. The first-order valence-corrected chi connectivity index (χ1v) is 22.8. The van der Waals surface area contributed by atoms with Gasteiger partial charge in [0, 0.05) is 0 Å². The van der Waals surface area contributed by atoms with Gasteiger partial charge in [0.05, 0.1) is 0 Å². The summed E-state index contributed by atoms with van der Waals surface area (Å²) < 4.78 is 0. The highest BCUT2D eigenvalue weighted by atomic mass is 28.3. The van der Waals surface area contributed by atoms with Crippen LogP contribution in [0.15, 0.2) is 96.1 Å². The fourth-order valence-corrected chi connectivity index (χ4v) is 13.3. The van der Waals surface area contributed by atoms with Crippen LogP contribution in [-0.2, 0) is 25.7 Å². The Bertz CT molecular complexity index is 1660. The van der Waals surface area contributed by atoms with Crippen LogP contribution in [-0.4, -0.2) is 8.07 Å². The van der Waals surface area contributed by atoms with Crippen molar-refractivity contribution in [3.63, 3.8) is 0 Å². The Hall–Kier alpha value is -3.42. The number of benzene rings is 4. The average molecular weight is 665 g/mol. The van der Waals surface area contributed by atoms with Crippen molar-refractivity contribution in [2.24, 2.45) is 0 Å². The molecule has 0 N–H and O–H groups in total. The maximum atomic E-state index is 2.73. The average Bonchev–Trinajstić information content (AvgIpc) is 3.71. The van der Waals surface area contributed by atoms with E-state index in [0.29, 0.717) is 0 Å². The lowest BCUT2D eigenvalue weighted by atomic mass is 9.96. The summed E-state index contributed by atoms with van der Waals surface area (Å²) in [6.45, 7) is 14.6. The van der Waals surface area contributed by atoms with E-state index in [1.165, 1.54) is 97.6 Å². The Labute approximate surface area is 299 Å². The van der Waals surface area contributed by atoms with Gasteiger partial charge in [0.25, 0.3) is 0 Å². The summed E-state index contributed by atoms with van der Waals surface area (Å²) in [5, 5.41) is 3.53. The Morgan fingerprint density at radius 2 is 0.878 bits per heavy atom. The van der Waals surface area contributed by atoms with Gasteiger partial charge in [-0.25, -0.2) is 0 Å². The first-order valence-electron chi connectivity index (χ1n) is 19.8. The summed E-state index contributed by atoms with van der Waals surface area (Å²) in [5.41, 5.74) is 18.3. The van der Waals surface area contributed by atoms with Gasteiger partial charge in [-0.05, 0) is 117 Å². The molecule has 0 saturated heterocycles. The summed E-state index contributed by atoms with van der Waals surface area (Å²) in [6, 6.07) is 33.4. The van der Waals surface area contributed by atoms with Crippen molar-refractivity contribution >= 4 is 18.5 Å². The van der Waals surface area contributed by atoms with Gasteiger partial charge in [0.1, 0.15) is 8.07 Å². The molecule has 2 aliphatic rings. The molecule has 0 unspecified atom stereocenters. The van der Waals surface area contributed by atoms with E-state index in [0.717, 1.165) is 25.7 Å². The van der Waals surface area contributed by atoms with Crippen LogP contribution in [0.1, 0.15) is 125 Å². The molecule has 4 aromatic carbocycles. The number of hydrogen-bond donors (Lipinski definition) is 0. The van der Waals surface area contributed by atoms with Crippen LogP contribution in [0.25, 0.3) is 32.6 Å². The molecule has 0 spiro atoms. The second-order valence-electron chi connectivity index (χ2n) is 15.3. The zero-order valence-corrected chi connectivity index (χ0v) is 32.5. The molecule has 0 radical (unpaired) electrons. The molecule has 6 rings (SSSR count). The lowest BCUT2D eigenvalue weighted by Gasteiger charge is -2.33. The zero-order chi connectivity index (χ0) is 34.4. The standard InChI is InChI=1S/C48H60Si/c1-7-11-13-15-19-41-33-39-21-17-23-43(37-29-25-35(9-3)26-30-37)45(39)47(41)49(5,6)48-42(20-16-14-12-8-2)34-40-22-18-24-44(46(40)48)38-31-27-36(10-4)28-32-38/h17-18,21-32H,7-16,19-20,33-34H2,1-6H3. The third-order valence-electron chi connectivity index (χ3n) is 11.6. The number of hydrogen-bond acceptors (Lipinski definition) is 0. The molecule has 49 heavy (non-hydrogen) atoms. The van der Waals surface area contributed by atoms with Gasteiger partial charge >= 0.3 is 0 Å². The summed E-state index contributed by atoms with van der Waals surface area (Å²) in [5.74, 6) is 0. The van der Waals surface area contributed by atoms with Crippen molar-refractivity contribution in [3.05, 3.63) is 129 Å². The maximum Gasteiger partial charge on any atom is 0.113 e. The fourth-order valence-electron chi connectivity index (χ4n) is 8.99. The van der Waals surface area contributed by atoms with E-state index in [2.05, 4.69) is 126 Å². The van der Waals surface area contributed by atoms with E-state index < -0.39 is 8.07 Å². The Balaban J connectivity index is 1.54. The SMILES string of the molecule is CCCCCCC1=C([Si](C)(C)C2=C(CCCCCC)Cc3cccc(-c4ccc(CC)cc4)c32)c2c(cccc2-c2ccc(CC)cc2)C1. The molecule has 4 aromatic rings. The number of allylic oxidation sites excluding steroid dienone is 2. The summed E-state index contributed by atoms with van der Waals surface area (Å²) >= 11 is 0. The van der Waals surface area contributed by atoms with Gasteiger partial charge in [0.2, 0.25) is 0 Å². The molecular formula is C48H60Si. The van der Waals surface area contributed by atoms with Gasteiger partial charge in [-0.2, -0.15) is 0 Å². The Kier molecular flexibility index (Phi) is 11.6. The molecule has 0 bridgehead atoms. The maximum absolute atomic E-state index is 2.73. The van der Waals surface area contributed by atoms with Crippen molar-refractivity contribution in [2.45, 2.75) is 131 Å². The highest BCUT2D eigenvalue weighted by molar-refractivity contribution is 7.09. The largest absolute Gasteiger partial charge is 0.113 e. The van der Waals surface area contributed by atoms with Crippen LogP contribution in [0.5, 0.6) is 0 Å². The topological polar surface area (TPSA) is 0 Å². The molecule has 0 saturated carbocycles. The molecule has 0 fully saturated rings. The Morgan fingerprint density at radius 1 is 0.469 bits per heavy atom. The first-order chi connectivity index (χ1) is 23.9. The van der Waals surface area contributed by atoms with Crippen LogP contribution < -0.4 is 0 Å². The lowest BCUT2D eigenvalue weighted by molar-refractivity contribution is 0.661. The third-order valence-corrected chi connectivity index (χ3v) is 15.3. The van der Waals surface area contributed by atoms with E-state index in [1.807, 2.05) is 0 Å². The van der Waals surface area contributed by atoms with E-state index in [9.17, 15) is 0 Å². The normalized spacial score (nSPS) is 14.2. The smallest absolute Gasteiger partial charge is 0.0655 e. The van der Waals surface area contributed by atoms with E-state index >= 15 is 0 Å². The van der Waals surface area contributed by atoms with Gasteiger partial charge in [-0.1, -0.05) is 175 Å². The third kappa shape index (κ3) is 7.39. The minimum absolute atomic E-state index is 1.08. The predicted octanol–water partition coefficient (Wildman–Crippen LogP) is 14.2. The summed E-state index contributed by atoms with van der Waals surface area (Å²) in [6.07, 6.45) is 17.4. The highest BCUT2D eigenvalue weighted by Gasteiger charge is 2.43. The van der Waals surface area contributed by atoms with Gasteiger partial charge in [-0.15, -0.1) is 0 Å². The monoisotopic (exact) mass is 664 g/mol. The van der Waals surface area contributed by atoms with Crippen molar-refractivity contribution in [3.8, 4) is 22.3 Å². The van der Waals surface area contributed by atoms with Gasteiger partial charge in [-0.3, -0.25) is 0 Å². The number of fused-ring (bicyclic) bond motifs is 2. The van der Waals surface area contributed by atoms with E-state index in [4.69, 9.17) is 0 Å². The van der Waals surface area contributed by atoms with Crippen molar-refractivity contribution in [1.29, 1.82) is 0 Å². The van der Waals surface area contributed by atoms with Crippen LogP contribution in [0.2, 0.25) is 13.1 Å². The van der Waals surface area contributed by atoms with Crippen LogP contribution in [0, 0.1) is 0 Å². The second-order valence-corrected chi connectivity index (χ2v) is 19.6. The molecule has 0 aliphatic heterocycles. The zero-order valence-electron chi connectivity index (χ0n) is 31.5. The van der Waals surface area contributed by atoms with Crippen molar-refractivity contribution in [1.82, 2.24) is 0 Å². The highest BCUT2D eigenvalue weighted by Crippen LogP contribution is 2.53. The van der Waals surface area contributed by atoms with Gasteiger partial charge in [0.15, 0.2) is 0 Å². The molecular weight excluding hydrogens is 605 g/mol. The summed E-state index contributed by atoms with van der Waals surface area (Å²) in [4.78, 5) is 0. The minimum Gasteiger partial charge on any atom is -0.0655 e. The van der Waals surface area contributed by atoms with Crippen molar-refractivity contribution in [2.75, 3.05) is 0 Å². The molecule has 1 heteroatoms. The fraction of sp³-hybridized carbons (Fsp3) is 0.417. The van der Waals surface area contributed by atoms with Crippen molar-refractivity contribution < 1.29 is 0 Å². The number of aryl methyl sites for hydroxylation is 2. The molecule has 0 amide bonds. The van der Waals surface area contributed by atoms with E-state index in [1.54, 1.807) is 43.8 Å².